The van der Waals surface area contributed by atoms with Gasteiger partial charge >= 0.3 is 6.01 Å². The van der Waals surface area contributed by atoms with Crippen LogP contribution in [-0.2, 0) is 6.42 Å². The highest BCUT2D eigenvalue weighted by Gasteiger charge is 2.09. The third-order valence-corrected chi connectivity index (χ3v) is 2.80. The Labute approximate surface area is 117 Å². The van der Waals surface area contributed by atoms with Crippen LogP contribution in [-0.4, -0.2) is 35.2 Å². The molecular weight excluding hydrogens is 258 g/mol. The van der Waals surface area contributed by atoms with Crippen molar-refractivity contribution in [3.8, 4) is 6.01 Å². The van der Waals surface area contributed by atoms with Crippen LogP contribution in [0.2, 0.25) is 0 Å². The number of aryl methyl sites for hydroxylation is 1. The van der Waals surface area contributed by atoms with E-state index in [1.165, 1.54) is 7.11 Å². The van der Waals surface area contributed by atoms with Gasteiger partial charge in [0.05, 0.1) is 13.4 Å². The number of rotatable bonds is 7. The molecule has 2 N–H and O–H groups in total. The minimum absolute atomic E-state index is 0.205. The minimum Gasteiger partial charge on any atom is -0.469 e. The molecular formula is C13H19N5O2. The van der Waals surface area contributed by atoms with E-state index < -0.39 is 0 Å². The molecule has 7 nitrogen and oxygen atoms in total. The highest BCUT2D eigenvalue weighted by Crippen LogP contribution is 2.13. The molecule has 0 aromatic carbocycles. The highest BCUT2D eigenvalue weighted by molar-refractivity contribution is 5.35. The quantitative estimate of drug-likeness (QED) is 0.800. The summed E-state index contributed by atoms with van der Waals surface area (Å²) in [6.45, 7) is 2.07. The average molecular weight is 277 g/mol. The molecule has 1 unspecified atom stereocenters. The number of hydrogen-bond acceptors (Lipinski definition) is 7. The molecule has 0 aliphatic carbocycles. The molecule has 2 heterocycles. The van der Waals surface area contributed by atoms with Gasteiger partial charge in [-0.2, -0.15) is 15.0 Å². The normalized spacial score (nSPS) is 11.9. The average Bonchev–Trinajstić information content (AvgIpc) is 2.98. The van der Waals surface area contributed by atoms with Crippen molar-refractivity contribution in [3.05, 3.63) is 24.2 Å². The van der Waals surface area contributed by atoms with Crippen molar-refractivity contribution in [1.29, 1.82) is 0 Å². The number of methoxy groups -OCH3 is 1. The van der Waals surface area contributed by atoms with Gasteiger partial charge in [0.1, 0.15) is 5.76 Å². The number of hydrogen-bond donors (Lipinski definition) is 2. The molecule has 108 valence electrons. The van der Waals surface area contributed by atoms with Crippen LogP contribution in [0.25, 0.3) is 0 Å². The molecule has 0 fully saturated rings. The van der Waals surface area contributed by atoms with Crippen molar-refractivity contribution in [2.24, 2.45) is 0 Å². The summed E-state index contributed by atoms with van der Waals surface area (Å²) in [5.74, 6) is 1.94. The standard InChI is InChI=1S/C13H19N5O2/c1-9(6-7-10-5-4-8-20-10)15-12-16-11(14-2)17-13(18-12)19-3/h4-5,8-9H,6-7H2,1-3H3,(H2,14,15,16,17,18). The third-order valence-electron chi connectivity index (χ3n) is 2.80. The summed E-state index contributed by atoms with van der Waals surface area (Å²) in [4.78, 5) is 12.5. The minimum atomic E-state index is 0.205. The van der Waals surface area contributed by atoms with Gasteiger partial charge in [-0.3, -0.25) is 0 Å². The molecule has 0 spiro atoms. The lowest BCUT2D eigenvalue weighted by atomic mass is 10.1. The molecule has 2 rings (SSSR count). The molecule has 0 amide bonds. The van der Waals surface area contributed by atoms with Crippen molar-refractivity contribution >= 4 is 11.9 Å². The van der Waals surface area contributed by atoms with Crippen LogP contribution in [0.15, 0.2) is 22.8 Å². The van der Waals surface area contributed by atoms with Crippen molar-refractivity contribution in [1.82, 2.24) is 15.0 Å². The van der Waals surface area contributed by atoms with E-state index in [1.807, 2.05) is 12.1 Å². The maximum atomic E-state index is 5.31. The van der Waals surface area contributed by atoms with E-state index in [9.17, 15) is 0 Å². The van der Waals surface area contributed by atoms with E-state index in [0.29, 0.717) is 11.9 Å². The van der Waals surface area contributed by atoms with Crippen molar-refractivity contribution in [2.75, 3.05) is 24.8 Å². The number of ether oxygens (including phenoxy) is 1. The summed E-state index contributed by atoms with van der Waals surface area (Å²) < 4.78 is 10.3. The van der Waals surface area contributed by atoms with Gasteiger partial charge in [0, 0.05) is 19.5 Å². The number of nitrogens with zero attached hydrogens (tertiary/aromatic N) is 3. The molecule has 20 heavy (non-hydrogen) atoms. The van der Waals surface area contributed by atoms with Crippen LogP contribution in [0.5, 0.6) is 6.01 Å². The molecule has 2 aromatic heterocycles. The maximum absolute atomic E-state index is 5.31. The van der Waals surface area contributed by atoms with Gasteiger partial charge in [-0.1, -0.05) is 0 Å². The topological polar surface area (TPSA) is 85.1 Å². The molecule has 0 radical (unpaired) electrons. The summed E-state index contributed by atoms with van der Waals surface area (Å²) in [5.41, 5.74) is 0. The number of nitrogens with one attached hydrogen (secondary N) is 2. The lowest BCUT2D eigenvalue weighted by Crippen LogP contribution is -2.18. The summed E-state index contributed by atoms with van der Waals surface area (Å²) in [6.07, 6.45) is 3.46. The first-order valence-electron chi connectivity index (χ1n) is 6.48. The largest absolute Gasteiger partial charge is 0.469 e. The Morgan fingerprint density at radius 1 is 1.30 bits per heavy atom. The van der Waals surface area contributed by atoms with Crippen LogP contribution < -0.4 is 15.4 Å². The molecule has 0 saturated carbocycles. The monoisotopic (exact) mass is 277 g/mol. The Bertz CT molecular complexity index is 507. The van der Waals surface area contributed by atoms with Crippen molar-refractivity contribution < 1.29 is 9.15 Å². The van der Waals surface area contributed by atoms with Crippen molar-refractivity contribution in [3.63, 3.8) is 0 Å². The van der Waals surface area contributed by atoms with Gasteiger partial charge in [-0.05, 0) is 25.5 Å². The zero-order valence-corrected chi connectivity index (χ0v) is 11.9. The Morgan fingerprint density at radius 2 is 2.10 bits per heavy atom. The number of anilines is 2. The molecule has 7 heteroatoms. The Morgan fingerprint density at radius 3 is 2.75 bits per heavy atom. The molecule has 0 saturated heterocycles. The SMILES string of the molecule is CNc1nc(NC(C)CCc2ccco2)nc(OC)n1. The Kier molecular flexibility index (Phi) is 4.75. The van der Waals surface area contributed by atoms with E-state index in [-0.39, 0.29) is 12.1 Å². The third kappa shape index (κ3) is 3.84. The first kappa shape index (κ1) is 14.1. The fraction of sp³-hybridized carbons (Fsp3) is 0.462. The second-order valence-corrected chi connectivity index (χ2v) is 4.38. The van der Waals surface area contributed by atoms with Crippen molar-refractivity contribution in [2.45, 2.75) is 25.8 Å². The van der Waals surface area contributed by atoms with Gasteiger partial charge in [0.2, 0.25) is 11.9 Å². The molecule has 0 bridgehead atoms. The van der Waals surface area contributed by atoms with Crippen LogP contribution in [0.1, 0.15) is 19.1 Å². The number of aromatic nitrogens is 3. The fourth-order valence-electron chi connectivity index (χ4n) is 1.73. The van der Waals surface area contributed by atoms with E-state index in [2.05, 4.69) is 32.5 Å². The highest BCUT2D eigenvalue weighted by atomic mass is 16.5. The second kappa shape index (κ2) is 6.74. The van der Waals surface area contributed by atoms with Crippen LogP contribution in [0.4, 0.5) is 11.9 Å². The zero-order chi connectivity index (χ0) is 14.4. The van der Waals surface area contributed by atoms with Crippen LogP contribution in [0.3, 0.4) is 0 Å². The van der Waals surface area contributed by atoms with Crippen LogP contribution >= 0.6 is 0 Å². The fourth-order valence-corrected chi connectivity index (χ4v) is 1.73. The Balaban J connectivity index is 1.94. The lowest BCUT2D eigenvalue weighted by molar-refractivity contribution is 0.379. The van der Waals surface area contributed by atoms with Gasteiger partial charge in [0.15, 0.2) is 0 Å². The van der Waals surface area contributed by atoms with E-state index >= 15 is 0 Å². The summed E-state index contributed by atoms with van der Waals surface area (Å²) >= 11 is 0. The van der Waals surface area contributed by atoms with Gasteiger partial charge in [0.25, 0.3) is 0 Å². The predicted octanol–water partition coefficient (Wildman–Crippen LogP) is 1.95. The van der Waals surface area contributed by atoms with E-state index in [0.717, 1.165) is 18.6 Å². The zero-order valence-electron chi connectivity index (χ0n) is 11.9. The summed E-state index contributed by atoms with van der Waals surface area (Å²) in [7, 11) is 3.28. The Hall–Kier alpha value is -2.31. The van der Waals surface area contributed by atoms with E-state index in [4.69, 9.17) is 9.15 Å². The van der Waals surface area contributed by atoms with Gasteiger partial charge in [-0.25, -0.2) is 0 Å². The molecule has 1 atom stereocenters. The first-order valence-corrected chi connectivity index (χ1v) is 6.48. The second-order valence-electron chi connectivity index (χ2n) is 4.38. The molecule has 2 aromatic rings. The lowest BCUT2D eigenvalue weighted by Gasteiger charge is -2.13. The molecule has 0 aliphatic rings. The maximum Gasteiger partial charge on any atom is 0.322 e. The summed E-state index contributed by atoms with van der Waals surface area (Å²) in [5, 5.41) is 6.10. The predicted molar refractivity (Wildman–Crippen MR) is 76.0 cm³/mol. The van der Waals surface area contributed by atoms with Gasteiger partial charge in [-0.15, -0.1) is 0 Å². The molecule has 0 aliphatic heterocycles. The van der Waals surface area contributed by atoms with E-state index in [1.54, 1.807) is 13.3 Å². The van der Waals surface area contributed by atoms with Crippen LogP contribution in [0, 0.1) is 0 Å². The summed E-state index contributed by atoms with van der Waals surface area (Å²) in [6, 6.07) is 4.35. The van der Waals surface area contributed by atoms with Gasteiger partial charge < -0.3 is 19.8 Å². The number of furan rings is 1. The smallest absolute Gasteiger partial charge is 0.322 e. The first-order chi connectivity index (χ1) is 9.71.